The van der Waals surface area contributed by atoms with Crippen molar-refractivity contribution in [1.82, 2.24) is 0 Å². The molecular formula is C45H26S. The summed E-state index contributed by atoms with van der Waals surface area (Å²) >= 11 is 1.93. The van der Waals surface area contributed by atoms with E-state index in [4.69, 9.17) is 0 Å². The third kappa shape index (κ3) is 2.97. The summed E-state index contributed by atoms with van der Waals surface area (Å²) in [7, 11) is 0. The molecule has 11 rings (SSSR count). The topological polar surface area (TPSA) is 0 Å². The standard InChI is InChI=1S/C45H26S/c1-2-12-29-26-40-36(25-28(29)11-1)30-14-3-6-19-37(30)45(40)38-20-7-4-16-35(38)43-33(18-10-21-39(43)45)34-24-23-27-13-9-17-32-31-15-5-8-22-41(31)46-44(34)42(27)32/h1-26H. The molecule has 3 aliphatic rings. The highest BCUT2D eigenvalue weighted by Gasteiger charge is 2.52. The number of hydrogen-bond acceptors (Lipinski definition) is 1. The average molecular weight is 599 g/mol. The molecule has 8 aromatic carbocycles. The fourth-order valence-electron chi connectivity index (χ4n) is 8.87. The maximum atomic E-state index is 2.47. The smallest absolute Gasteiger partial charge is 0.0725 e. The molecule has 0 amide bonds. The summed E-state index contributed by atoms with van der Waals surface area (Å²) in [6.45, 7) is 0. The molecule has 0 aromatic heterocycles. The van der Waals surface area contributed by atoms with Crippen LogP contribution in [0.1, 0.15) is 22.3 Å². The minimum absolute atomic E-state index is 0.378. The van der Waals surface area contributed by atoms with E-state index in [9.17, 15) is 0 Å². The molecule has 0 saturated carbocycles. The lowest BCUT2D eigenvalue weighted by Gasteiger charge is -2.31. The summed E-state index contributed by atoms with van der Waals surface area (Å²) in [5, 5.41) is 5.24. The van der Waals surface area contributed by atoms with Crippen LogP contribution in [0.4, 0.5) is 0 Å². The first kappa shape index (κ1) is 24.9. The lowest BCUT2D eigenvalue weighted by molar-refractivity contribution is 0.795. The molecule has 1 heteroatoms. The lowest BCUT2D eigenvalue weighted by Crippen LogP contribution is -2.25. The molecule has 0 radical (unpaired) electrons. The van der Waals surface area contributed by atoms with Gasteiger partial charge < -0.3 is 0 Å². The van der Waals surface area contributed by atoms with E-state index in [-0.39, 0.29) is 5.41 Å². The van der Waals surface area contributed by atoms with Gasteiger partial charge in [0.1, 0.15) is 0 Å². The van der Waals surface area contributed by atoms with E-state index in [2.05, 4.69) is 158 Å². The Kier molecular flexibility index (Phi) is 4.80. The molecule has 1 unspecified atom stereocenters. The van der Waals surface area contributed by atoms with E-state index < -0.39 is 0 Å². The van der Waals surface area contributed by atoms with Crippen LogP contribution in [0.2, 0.25) is 0 Å². The first-order valence-electron chi connectivity index (χ1n) is 16.0. The number of hydrogen-bond donors (Lipinski definition) is 0. The van der Waals surface area contributed by atoms with E-state index in [1.54, 1.807) is 0 Å². The fraction of sp³-hybridized carbons (Fsp3) is 0.0222. The molecule has 0 bridgehead atoms. The lowest BCUT2D eigenvalue weighted by atomic mass is 9.70. The van der Waals surface area contributed by atoms with Crippen LogP contribution in [-0.2, 0) is 5.41 Å². The predicted molar refractivity (Wildman–Crippen MR) is 193 cm³/mol. The van der Waals surface area contributed by atoms with Crippen LogP contribution >= 0.6 is 11.8 Å². The molecule has 0 N–H and O–H groups in total. The Morgan fingerprint density at radius 3 is 1.83 bits per heavy atom. The van der Waals surface area contributed by atoms with Crippen LogP contribution in [0.25, 0.3) is 66.1 Å². The average Bonchev–Trinajstić information content (AvgIpc) is 3.58. The van der Waals surface area contributed by atoms with Crippen molar-refractivity contribution in [2.45, 2.75) is 15.2 Å². The molecule has 0 saturated heterocycles. The summed E-state index contributed by atoms with van der Waals surface area (Å²) in [4.78, 5) is 2.68. The normalized spacial score (nSPS) is 16.3. The second kappa shape index (κ2) is 8.88. The van der Waals surface area contributed by atoms with E-state index in [0.29, 0.717) is 0 Å². The van der Waals surface area contributed by atoms with Crippen molar-refractivity contribution >= 4 is 33.3 Å². The molecule has 0 nitrogen and oxygen atoms in total. The van der Waals surface area contributed by atoms with Crippen molar-refractivity contribution < 1.29 is 0 Å². The van der Waals surface area contributed by atoms with Crippen LogP contribution in [0, 0.1) is 0 Å². The van der Waals surface area contributed by atoms with Crippen molar-refractivity contribution in [2.24, 2.45) is 0 Å². The van der Waals surface area contributed by atoms with Gasteiger partial charge in [-0.2, -0.15) is 0 Å². The predicted octanol–water partition coefficient (Wildman–Crippen LogP) is 12.1. The van der Waals surface area contributed by atoms with Gasteiger partial charge in [0, 0.05) is 15.2 Å². The Hall–Kier alpha value is -5.37. The van der Waals surface area contributed by atoms with E-state index >= 15 is 0 Å². The van der Waals surface area contributed by atoms with Crippen molar-refractivity contribution in [1.29, 1.82) is 0 Å². The highest BCUT2D eigenvalue weighted by atomic mass is 32.2. The zero-order valence-corrected chi connectivity index (χ0v) is 25.7. The van der Waals surface area contributed by atoms with Gasteiger partial charge in [0.25, 0.3) is 0 Å². The number of rotatable bonds is 1. The monoisotopic (exact) mass is 598 g/mol. The van der Waals surface area contributed by atoms with Crippen molar-refractivity contribution in [2.75, 3.05) is 0 Å². The van der Waals surface area contributed by atoms with Crippen molar-refractivity contribution in [3.8, 4) is 44.5 Å². The summed E-state index contributed by atoms with van der Waals surface area (Å²) in [6.07, 6.45) is 0. The van der Waals surface area contributed by atoms with Gasteiger partial charge in [0.05, 0.1) is 5.41 Å². The number of fused-ring (bicyclic) bond motifs is 13. The highest BCUT2D eigenvalue weighted by molar-refractivity contribution is 8.00. The second-order valence-corrected chi connectivity index (χ2v) is 13.8. The quantitative estimate of drug-likeness (QED) is 0.181. The van der Waals surface area contributed by atoms with E-state index in [1.165, 1.54) is 98.1 Å². The molecule has 1 aliphatic heterocycles. The van der Waals surface area contributed by atoms with E-state index in [0.717, 1.165) is 0 Å². The largest absolute Gasteiger partial charge is 0.0881 e. The Labute approximate surface area is 272 Å². The van der Waals surface area contributed by atoms with Crippen LogP contribution in [0.3, 0.4) is 0 Å². The molecular weight excluding hydrogens is 573 g/mol. The maximum absolute atomic E-state index is 2.47. The van der Waals surface area contributed by atoms with Gasteiger partial charge in [-0.25, -0.2) is 0 Å². The fourth-order valence-corrected chi connectivity index (χ4v) is 10.1. The van der Waals surface area contributed by atoms with Gasteiger partial charge in [-0.3, -0.25) is 0 Å². The third-order valence-corrected chi connectivity index (χ3v) is 11.9. The molecule has 0 fully saturated rings. The van der Waals surface area contributed by atoms with Crippen LogP contribution in [-0.4, -0.2) is 0 Å². The van der Waals surface area contributed by atoms with Gasteiger partial charge >= 0.3 is 0 Å². The highest BCUT2D eigenvalue weighted by Crippen LogP contribution is 2.65. The van der Waals surface area contributed by atoms with Crippen molar-refractivity contribution in [3.05, 3.63) is 180 Å². The molecule has 46 heavy (non-hydrogen) atoms. The summed E-state index contributed by atoms with van der Waals surface area (Å²) in [5.41, 5.74) is 15.8. The molecule has 8 aromatic rings. The Morgan fingerprint density at radius 2 is 0.957 bits per heavy atom. The third-order valence-electron chi connectivity index (χ3n) is 10.7. The second-order valence-electron chi connectivity index (χ2n) is 12.8. The number of benzene rings is 8. The van der Waals surface area contributed by atoms with E-state index in [1.807, 2.05) is 11.8 Å². The van der Waals surface area contributed by atoms with Gasteiger partial charge in [0.2, 0.25) is 0 Å². The Morgan fingerprint density at radius 1 is 0.348 bits per heavy atom. The first-order valence-corrected chi connectivity index (χ1v) is 16.8. The zero-order chi connectivity index (χ0) is 30.0. The molecule has 212 valence electrons. The molecule has 1 spiro atoms. The van der Waals surface area contributed by atoms with Crippen LogP contribution in [0.15, 0.2) is 168 Å². The minimum Gasteiger partial charge on any atom is -0.0881 e. The molecule has 1 atom stereocenters. The van der Waals surface area contributed by atoms with Crippen LogP contribution < -0.4 is 0 Å². The molecule has 2 aliphatic carbocycles. The summed E-state index contributed by atoms with van der Waals surface area (Å²) in [6, 6.07) is 59.4. The maximum Gasteiger partial charge on any atom is 0.0725 e. The summed E-state index contributed by atoms with van der Waals surface area (Å²) in [5.74, 6) is 0. The van der Waals surface area contributed by atoms with Crippen LogP contribution in [0.5, 0.6) is 0 Å². The Balaban J connectivity index is 1.26. The van der Waals surface area contributed by atoms with Crippen molar-refractivity contribution in [3.63, 3.8) is 0 Å². The van der Waals surface area contributed by atoms with Gasteiger partial charge in [-0.15, -0.1) is 0 Å². The van der Waals surface area contributed by atoms with Gasteiger partial charge in [-0.1, -0.05) is 151 Å². The van der Waals surface area contributed by atoms with Gasteiger partial charge in [0.15, 0.2) is 0 Å². The Bertz CT molecular complexity index is 2630. The molecule has 1 heterocycles. The van der Waals surface area contributed by atoms with Gasteiger partial charge in [-0.05, 0) is 101 Å². The SMILES string of the molecule is c1ccc2c(c1)Sc1c(-c3cccc4c3-c3ccccc3C43c4ccccc4-c4cc5ccccc5cc43)ccc3cccc-2c13. The minimum atomic E-state index is -0.378. The summed E-state index contributed by atoms with van der Waals surface area (Å²) < 4.78 is 0. The first-order chi connectivity index (χ1) is 22.8. The zero-order valence-electron chi connectivity index (χ0n) is 24.9.